The van der Waals surface area contributed by atoms with E-state index in [9.17, 15) is 102 Å². The lowest BCUT2D eigenvalue weighted by Crippen LogP contribution is -2.70. The molecule has 20 N–H and O–H groups in total. The second-order valence-electron chi connectivity index (χ2n) is 18.3. The predicted octanol–water partition coefficient (Wildman–Crippen LogP) is -13.8. The Kier molecular flexibility index (Phi) is 21.3. The van der Waals surface area contributed by atoms with Crippen LogP contribution >= 0.6 is 0 Å². The van der Waals surface area contributed by atoms with E-state index in [1.807, 2.05) is 0 Å². The Morgan fingerprint density at radius 3 is 1.22 bits per heavy atom. The summed E-state index contributed by atoms with van der Waals surface area (Å²) in [4.78, 5) is 24.5. The molecule has 0 aromatic carbocycles. The molecule has 73 heavy (non-hydrogen) atoms. The van der Waals surface area contributed by atoms with Crippen molar-refractivity contribution in [1.82, 2.24) is 10.6 Å². The molecule has 424 valence electrons. The van der Waals surface area contributed by atoms with Crippen LogP contribution in [0.1, 0.15) is 13.8 Å². The molecule has 6 fully saturated rings. The number of carbonyl (C=O) groups is 2. The van der Waals surface area contributed by atoms with E-state index in [1.54, 1.807) is 0 Å². The Morgan fingerprint density at radius 2 is 0.726 bits per heavy atom. The summed E-state index contributed by atoms with van der Waals surface area (Å²) in [6.45, 7) is -3.66. The van der Waals surface area contributed by atoms with Crippen LogP contribution < -0.4 is 10.6 Å². The van der Waals surface area contributed by atoms with Crippen LogP contribution in [0.4, 0.5) is 0 Å². The lowest BCUT2D eigenvalue weighted by atomic mass is 9.94. The summed E-state index contributed by atoms with van der Waals surface area (Å²) < 4.78 is 62.8. The van der Waals surface area contributed by atoms with Crippen molar-refractivity contribution in [2.75, 3.05) is 39.6 Å². The summed E-state index contributed by atoms with van der Waals surface area (Å²) in [6, 6.07) is -3.30. The van der Waals surface area contributed by atoms with Crippen molar-refractivity contribution in [3.8, 4) is 0 Å². The zero-order valence-corrected chi connectivity index (χ0v) is 38.9. The van der Waals surface area contributed by atoms with Crippen molar-refractivity contribution >= 4 is 11.8 Å². The Hall–Kier alpha value is -2.22. The number of ether oxygens (including phenoxy) is 11. The van der Waals surface area contributed by atoms with Crippen LogP contribution in [-0.2, 0) is 61.7 Å². The van der Waals surface area contributed by atoms with Gasteiger partial charge in [0.05, 0.1) is 39.6 Å². The second-order valence-corrected chi connectivity index (χ2v) is 18.3. The smallest absolute Gasteiger partial charge is 0.217 e. The van der Waals surface area contributed by atoms with E-state index in [2.05, 4.69) is 10.6 Å². The van der Waals surface area contributed by atoms with Crippen molar-refractivity contribution < 1.29 is 154 Å². The van der Waals surface area contributed by atoms with E-state index in [0.717, 1.165) is 13.8 Å². The van der Waals surface area contributed by atoms with Crippen LogP contribution in [-0.4, -0.2) is 327 Å². The van der Waals surface area contributed by atoms with Crippen LogP contribution in [0.15, 0.2) is 0 Å². The summed E-state index contributed by atoms with van der Waals surface area (Å²) in [6.07, 6.45) is -53.8. The average Bonchev–Trinajstić information content (AvgIpc) is 3.35. The fourth-order valence-electron chi connectivity index (χ4n) is 9.20. The Bertz CT molecular complexity index is 1750. The Balaban J connectivity index is 1.29. The third kappa shape index (κ3) is 13.0. The number of carbonyl (C=O) groups excluding carboxylic acids is 2. The number of aliphatic hydroxyl groups excluding tert-OH is 18. The van der Waals surface area contributed by atoms with Gasteiger partial charge in [-0.05, 0) is 0 Å². The first-order valence-electron chi connectivity index (χ1n) is 23.1. The van der Waals surface area contributed by atoms with Gasteiger partial charge in [0.1, 0.15) is 146 Å². The molecule has 30 atom stereocenters. The van der Waals surface area contributed by atoms with Gasteiger partial charge < -0.3 is 155 Å². The highest BCUT2D eigenvalue weighted by Crippen LogP contribution is 2.36. The molecule has 0 spiro atoms. The number of rotatable bonds is 18. The predicted molar refractivity (Wildman–Crippen MR) is 222 cm³/mol. The first-order chi connectivity index (χ1) is 34.5. The van der Waals surface area contributed by atoms with E-state index >= 15 is 0 Å². The van der Waals surface area contributed by atoms with Crippen LogP contribution in [0, 0.1) is 0 Å². The summed E-state index contributed by atoms with van der Waals surface area (Å²) in [5.41, 5.74) is 0. The van der Waals surface area contributed by atoms with Crippen molar-refractivity contribution in [2.45, 2.75) is 198 Å². The highest BCUT2D eigenvalue weighted by molar-refractivity contribution is 5.73. The molecule has 0 radical (unpaired) electrons. The number of hydrogen-bond acceptors (Lipinski definition) is 31. The zero-order valence-electron chi connectivity index (χ0n) is 38.9. The van der Waals surface area contributed by atoms with Gasteiger partial charge in [-0.2, -0.15) is 0 Å². The maximum absolute atomic E-state index is 12.6. The maximum atomic E-state index is 12.6. The average molecular weight is 1070 g/mol. The highest BCUT2D eigenvalue weighted by Gasteiger charge is 2.57. The minimum Gasteiger partial charge on any atom is -0.394 e. The normalized spacial score (nSPS) is 49.8. The molecule has 0 aromatic rings. The molecule has 0 bridgehead atoms. The summed E-state index contributed by atoms with van der Waals surface area (Å²) in [5, 5.41) is 197. The van der Waals surface area contributed by atoms with Gasteiger partial charge >= 0.3 is 0 Å². The van der Waals surface area contributed by atoms with E-state index in [4.69, 9.17) is 52.1 Å². The molecule has 6 saturated heterocycles. The molecule has 33 heteroatoms. The van der Waals surface area contributed by atoms with Gasteiger partial charge in [-0.15, -0.1) is 0 Å². The third-order valence-electron chi connectivity index (χ3n) is 13.2. The summed E-state index contributed by atoms with van der Waals surface area (Å²) >= 11 is 0. The highest BCUT2D eigenvalue weighted by atomic mass is 16.8. The first-order valence-corrected chi connectivity index (χ1v) is 23.1. The molecular formula is C40H68N2O31. The minimum absolute atomic E-state index is 0.718. The van der Waals surface area contributed by atoms with Gasteiger partial charge in [0.2, 0.25) is 11.8 Å². The van der Waals surface area contributed by atoms with E-state index in [1.165, 1.54) is 0 Å². The Morgan fingerprint density at radius 1 is 0.356 bits per heavy atom. The maximum Gasteiger partial charge on any atom is 0.217 e. The lowest BCUT2D eigenvalue weighted by molar-refractivity contribution is -0.389. The Labute approximate surface area is 413 Å². The van der Waals surface area contributed by atoms with Gasteiger partial charge in [0.25, 0.3) is 0 Å². The fourth-order valence-corrected chi connectivity index (χ4v) is 9.20. The minimum atomic E-state index is -2.28. The molecule has 6 heterocycles. The molecule has 0 aliphatic carbocycles. The summed E-state index contributed by atoms with van der Waals surface area (Å²) in [5.74, 6) is -1.56. The van der Waals surface area contributed by atoms with Gasteiger partial charge in [0, 0.05) is 13.8 Å². The van der Waals surface area contributed by atoms with Gasteiger partial charge in [-0.25, -0.2) is 0 Å². The van der Waals surface area contributed by atoms with Crippen LogP contribution in [0.5, 0.6) is 0 Å². The number of hydrogen-bond donors (Lipinski definition) is 20. The van der Waals surface area contributed by atoms with Crippen LogP contribution in [0.25, 0.3) is 0 Å². The number of nitrogens with one attached hydrogen (secondary N) is 2. The van der Waals surface area contributed by atoms with Crippen molar-refractivity contribution in [3.05, 3.63) is 0 Å². The third-order valence-corrected chi connectivity index (χ3v) is 13.2. The van der Waals surface area contributed by atoms with Gasteiger partial charge in [-0.1, -0.05) is 0 Å². The monoisotopic (exact) mass is 1070 g/mol. The van der Waals surface area contributed by atoms with E-state index in [0.29, 0.717) is 0 Å². The first kappa shape index (κ1) is 60.0. The molecule has 2 amide bonds. The standard InChI is InChI=1S/C40H68N2O31/c1-9(48)41-17-23(54)31(14(6-46)64-35(17)62)70-36-18(42-10(2)49)24(55)32(15(7-47)68-36)71-39-30(61)33(72-37-28(59)25(56)19(50)11(3-43)65-37)22(53)16(69-39)8-63-40-34(27(58)21(52)13(5-45)67-40)73-38-29(60)26(57)20(51)12(4-44)66-38/h11-40,43-47,50-62H,3-8H2,1-2H3,(H,41,48)(H,42,49)/t11-,12-,13-,14-,15-,16-,17-,18-,19-,20-,21-,22-,23-,24-,25+,26+,27+,28+,29+,30+,31-,32-,33+,34+,35?,36+,37-,38-,39-,40+/m1/s1. The SMILES string of the molecule is CC(=O)N[C@H]1[C@H](O[C@H]2[C@H](O)[C@@H](NC(C)=O)C(O)O[C@@H]2CO)O[C@H](CO)[C@@H](O[C@H]2O[C@H](CO[C@H]3O[C@H](CO)[C@@H](O)[C@H](O)[C@@H]3O[C@H]3O[C@H](CO)[C@@H](O)[C@H](O)[C@@H]3O)[C@@H](O)[C@H](O[C@H]3O[C@H](CO)[C@@H](O)[C@H](O)[C@@H]3O)[C@@H]2O)[C@@H]1O. The van der Waals surface area contributed by atoms with Gasteiger partial charge in [-0.3, -0.25) is 9.59 Å². The summed E-state index contributed by atoms with van der Waals surface area (Å²) in [7, 11) is 0. The molecule has 6 aliphatic rings. The molecule has 1 unspecified atom stereocenters. The number of amides is 2. The lowest BCUT2D eigenvalue weighted by Gasteiger charge is -2.50. The molecule has 0 saturated carbocycles. The molecule has 33 nitrogen and oxygen atoms in total. The van der Waals surface area contributed by atoms with Crippen molar-refractivity contribution in [1.29, 1.82) is 0 Å². The number of aliphatic hydroxyl groups is 18. The quantitative estimate of drug-likeness (QED) is 0.0606. The molecule has 6 rings (SSSR count). The topological polar surface area (TPSA) is 524 Å². The van der Waals surface area contributed by atoms with E-state index < -0.39 is 236 Å². The fraction of sp³-hybridized carbons (Fsp3) is 0.950. The van der Waals surface area contributed by atoms with Crippen molar-refractivity contribution in [3.63, 3.8) is 0 Å². The second kappa shape index (κ2) is 26.0. The largest absolute Gasteiger partial charge is 0.394 e. The zero-order chi connectivity index (χ0) is 53.9. The van der Waals surface area contributed by atoms with Crippen LogP contribution in [0.3, 0.4) is 0 Å². The molecule has 6 aliphatic heterocycles. The van der Waals surface area contributed by atoms with Crippen LogP contribution in [0.2, 0.25) is 0 Å². The van der Waals surface area contributed by atoms with Crippen molar-refractivity contribution in [2.24, 2.45) is 0 Å². The molecule has 0 aromatic heterocycles. The van der Waals surface area contributed by atoms with Gasteiger partial charge in [0.15, 0.2) is 37.7 Å². The van der Waals surface area contributed by atoms with E-state index in [-0.39, 0.29) is 0 Å². The molecular weight excluding hydrogens is 1000 g/mol.